The van der Waals surface area contributed by atoms with Crippen LogP contribution in [0.15, 0.2) is 24.3 Å². The highest BCUT2D eigenvalue weighted by Crippen LogP contribution is 2.44. The number of hydrogen-bond donors (Lipinski definition) is 1. The summed E-state index contributed by atoms with van der Waals surface area (Å²) in [6.45, 7) is 3.15. The average Bonchev–Trinajstić information content (AvgIpc) is 3.07. The smallest absolute Gasteiger partial charge is 0.119 e. The molecule has 2 heterocycles. The molecule has 2 bridgehead atoms. The molecule has 19 heavy (non-hydrogen) atoms. The molecule has 2 saturated heterocycles. The number of nitrogens with one attached hydrogen (secondary N) is 1. The fraction of sp³-hybridized carbons (Fsp3) is 0.625. The molecule has 0 spiro atoms. The van der Waals surface area contributed by atoms with Gasteiger partial charge in [0.25, 0.3) is 0 Å². The van der Waals surface area contributed by atoms with Crippen LogP contribution in [0.1, 0.15) is 37.8 Å². The third-order valence-electron chi connectivity index (χ3n) is 4.46. The Balaban J connectivity index is 1.83. The summed E-state index contributed by atoms with van der Waals surface area (Å²) in [7, 11) is 1.72. The third-order valence-corrected chi connectivity index (χ3v) is 4.46. The lowest BCUT2D eigenvalue weighted by molar-refractivity contribution is 0.0858. The molecule has 2 aliphatic heterocycles. The van der Waals surface area contributed by atoms with Crippen molar-refractivity contribution in [1.29, 1.82) is 0 Å². The van der Waals surface area contributed by atoms with Crippen LogP contribution >= 0.6 is 0 Å². The first-order valence-electron chi connectivity index (χ1n) is 7.34. The number of fused-ring (bicyclic) bond motifs is 2. The van der Waals surface area contributed by atoms with Gasteiger partial charge in [-0.2, -0.15) is 0 Å². The maximum absolute atomic E-state index is 6.02. The standard InChI is InChI=1S/C16H23NO2/c1-3-17-16(11-5-4-6-12(9-11)18-2)14-10-13-7-8-15(14)19-13/h4-6,9,13-17H,3,7-8,10H2,1-2H3. The van der Waals surface area contributed by atoms with Crippen LogP contribution in [0.4, 0.5) is 0 Å². The van der Waals surface area contributed by atoms with Crippen LogP contribution in [0.5, 0.6) is 5.75 Å². The van der Waals surface area contributed by atoms with Gasteiger partial charge in [0.2, 0.25) is 0 Å². The minimum atomic E-state index is 0.385. The topological polar surface area (TPSA) is 30.5 Å². The van der Waals surface area contributed by atoms with E-state index in [9.17, 15) is 0 Å². The Hall–Kier alpha value is -1.06. The van der Waals surface area contributed by atoms with Crippen molar-refractivity contribution in [3.63, 3.8) is 0 Å². The first-order chi connectivity index (χ1) is 9.31. The van der Waals surface area contributed by atoms with Crippen molar-refractivity contribution in [2.45, 2.75) is 44.4 Å². The summed E-state index contributed by atoms with van der Waals surface area (Å²) in [5.74, 6) is 1.54. The van der Waals surface area contributed by atoms with Crippen molar-refractivity contribution >= 4 is 0 Å². The van der Waals surface area contributed by atoms with Crippen molar-refractivity contribution < 1.29 is 9.47 Å². The number of hydrogen-bond acceptors (Lipinski definition) is 3. The molecule has 2 aliphatic rings. The second-order valence-corrected chi connectivity index (χ2v) is 5.59. The molecule has 4 atom stereocenters. The summed E-state index contributed by atoms with van der Waals surface area (Å²) in [4.78, 5) is 0. The van der Waals surface area contributed by atoms with E-state index >= 15 is 0 Å². The first kappa shape index (κ1) is 12.9. The lowest BCUT2D eigenvalue weighted by Crippen LogP contribution is -2.33. The summed E-state index contributed by atoms with van der Waals surface area (Å²) in [6.07, 6.45) is 4.61. The molecule has 1 N–H and O–H groups in total. The molecule has 4 unspecified atom stereocenters. The van der Waals surface area contributed by atoms with Crippen molar-refractivity contribution in [2.75, 3.05) is 13.7 Å². The Morgan fingerprint density at radius 3 is 2.95 bits per heavy atom. The fourth-order valence-corrected chi connectivity index (χ4v) is 3.60. The highest BCUT2D eigenvalue weighted by molar-refractivity contribution is 5.31. The summed E-state index contributed by atoms with van der Waals surface area (Å²) >= 11 is 0. The van der Waals surface area contributed by atoms with Gasteiger partial charge in [-0.25, -0.2) is 0 Å². The van der Waals surface area contributed by atoms with Gasteiger partial charge >= 0.3 is 0 Å². The molecule has 3 heteroatoms. The molecule has 1 aromatic rings. The Morgan fingerprint density at radius 1 is 1.42 bits per heavy atom. The number of benzene rings is 1. The Morgan fingerprint density at radius 2 is 2.32 bits per heavy atom. The summed E-state index contributed by atoms with van der Waals surface area (Å²) < 4.78 is 11.4. The molecule has 0 aromatic heterocycles. The summed E-state index contributed by atoms with van der Waals surface area (Å²) in [6, 6.07) is 8.81. The van der Waals surface area contributed by atoms with Crippen LogP contribution in [-0.4, -0.2) is 25.9 Å². The van der Waals surface area contributed by atoms with Gasteiger partial charge in [-0.1, -0.05) is 19.1 Å². The largest absolute Gasteiger partial charge is 0.497 e. The van der Waals surface area contributed by atoms with Crippen LogP contribution in [0, 0.1) is 5.92 Å². The van der Waals surface area contributed by atoms with Gasteiger partial charge < -0.3 is 14.8 Å². The van der Waals surface area contributed by atoms with E-state index in [1.54, 1.807) is 7.11 Å². The van der Waals surface area contributed by atoms with Gasteiger partial charge in [0.05, 0.1) is 19.3 Å². The fourth-order valence-electron chi connectivity index (χ4n) is 3.60. The van der Waals surface area contributed by atoms with E-state index in [0.717, 1.165) is 12.3 Å². The van der Waals surface area contributed by atoms with Crippen molar-refractivity contribution in [3.05, 3.63) is 29.8 Å². The Labute approximate surface area is 115 Å². The van der Waals surface area contributed by atoms with Crippen LogP contribution < -0.4 is 10.1 Å². The molecule has 1 aromatic carbocycles. The maximum atomic E-state index is 6.02. The van der Waals surface area contributed by atoms with E-state index in [0.29, 0.717) is 24.2 Å². The monoisotopic (exact) mass is 261 g/mol. The predicted molar refractivity (Wildman–Crippen MR) is 75.4 cm³/mol. The third kappa shape index (κ3) is 2.49. The van der Waals surface area contributed by atoms with E-state index in [1.807, 2.05) is 6.07 Å². The van der Waals surface area contributed by atoms with Crippen LogP contribution in [-0.2, 0) is 4.74 Å². The average molecular weight is 261 g/mol. The number of ether oxygens (including phenoxy) is 2. The van der Waals surface area contributed by atoms with Crippen molar-refractivity contribution in [2.24, 2.45) is 5.92 Å². The predicted octanol–water partition coefficient (Wildman–Crippen LogP) is 2.91. The van der Waals surface area contributed by atoms with Gasteiger partial charge in [0.1, 0.15) is 5.75 Å². The molecular formula is C16H23NO2. The van der Waals surface area contributed by atoms with Crippen molar-refractivity contribution in [1.82, 2.24) is 5.32 Å². The second kappa shape index (κ2) is 5.51. The highest BCUT2D eigenvalue weighted by atomic mass is 16.5. The zero-order valence-corrected chi connectivity index (χ0v) is 11.8. The molecule has 0 amide bonds. The van der Waals surface area contributed by atoms with Gasteiger partial charge in [-0.15, -0.1) is 0 Å². The molecule has 3 nitrogen and oxygen atoms in total. The molecule has 0 radical (unpaired) electrons. The highest BCUT2D eigenvalue weighted by Gasteiger charge is 2.44. The molecule has 2 fully saturated rings. The van der Waals surface area contributed by atoms with Gasteiger partial charge in [0, 0.05) is 12.0 Å². The van der Waals surface area contributed by atoms with Crippen LogP contribution in [0.3, 0.4) is 0 Å². The Bertz CT molecular complexity index is 435. The number of methoxy groups -OCH3 is 1. The van der Waals surface area contributed by atoms with E-state index < -0.39 is 0 Å². The molecule has 0 saturated carbocycles. The zero-order valence-electron chi connectivity index (χ0n) is 11.8. The SMILES string of the molecule is CCNC(c1cccc(OC)c1)C1CC2CCC1O2. The van der Waals surface area contributed by atoms with Gasteiger partial charge in [-0.05, 0) is 43.5 Å². The molecule has 3 rings (SSSR count). The molecule has 0 aliphatic carbocycles. The second-order valence-electron chi connectivity index (χ2n) is 5.59. The lowest BCUT2D eigenvalue weighted by atomic mass is 9.81. The maximum Gasteiger partial charge on any atom is 0.119 e. The molecule has 104 valence electrons. The lowest BCUT2D eigenvalue weighted by Gasteiger charge is -2.29. The van der Waals surface area contributed by atoms with Gasteiger partial charge in [0.15, 0.2) is 0 Å². The van der Waals surface area contributed by atoms with E-state index in [1.165, 1.54) is 24.8 Å². The van der Waals surface area contributed by atoms with Crippen LogP contribution in [0.2, 0.25) is 0 Å². The number of rotatable bonds is 5. The first-order valence-corrected chi connectivity index (χ1v) is 7.34. The normalized spacial score (nSPS) is 30.5. The van der Waals surface area contributed by atoms with Crippen molar-refractivity contribution in [3.8, 4) is 5.75 Å². The van der Waals surface area contributed by atoms with Gasteiger partial charge in [-0.3, -0.25) is 0 Å². The van der Waals surface area contributed by atoms with E-state index in [2.05, 4.69) is 30.4 Å². The minimum Gasteiger partial charge on any atom is -0.497 e. The van der Waals surface area contributed by atoms with E-state index in [-0.39, 0.29) is 0 Å². The quantitative estimate of drug-likeness (QED) is 0.884. The zero-order chi connectivity index (χ0) is 13.2. The Kier molecular flexibility index (Phi) is 3.76. The van der Waals surface area contributed by atoms with Crippen LogP contribution in [0.25, 0.3) is 0 Å². The summed E-state index contributed by atoms with van der Waals surface area (Å²) in [5, 5.41) is 3.64. The van der Waals surface area contributed by atoms with E-state index in [4.69, 9.17) is 9.47 Å². The minimum absolute atomic E-state index is 0.385. The molecular weight excluding hydrogens is 238 g/mol. The summed E-state index contributed by atoms with van der Waals surface area (Å²) in [5.41, 5.74) is 1.32.